The van der Waals surface area contributed by atoms with Crippen molar-refractivity contribution < 1.29 is 4.42 Å². The Hall–Kier alpha value is -3.47. The van der Waals surface area contributed by atoms with E-state index in [-0.39, 0.29) is 6.42 Å². The highest BCUT2D eigenvalue weighted by Crippen LogP contribution is 2.25. The van der Waals surface area contributed by atoms with Crippen molar-refractivity contribution in [2.24, 2.45) is 0 Å². The van der Waals surface area contributed by atoms with Gasteiger partial charge < -0.3 is 9.40 Å². The number of nitrogens with zero attached hydrogens (tertiary/aromatic N) is 6. The molecule has 8 heteroatoms. The summed E-state index contributed by atoms with van der Waals surface area (Å²) < 4.78 is 6.86. The maximum absolute atomic E-state index is 8.66. The largest absolute Gasteiger partial charge is 0.430 e. The Labute approximate surface area is 124 Å². The summed E-state index contributed by atoms with van der Waals surface area (Å²) in [5, 5.41) is 12.9. The number of aromatic amines is 1. The van der Waals surface area contributed by atoms with Gasteiger partial charge in [-0.3, -0.25) is 0 Å². The standard InChI is InChI=1S/C14H9N7O/c15-3-1-10-7-22-14(20-10)21-6-9(5-19-21)11-2-4-16-13-12(11)17-8-18-13/h2,4-8H,1H2,(H,16,17,18). The van der Waals surface area contributed by atoms with Crippen LogP contribution >= 0.6 is 0 Å². The predicted octanol–water partition coefficient (Wildman–Crippen LogP) is 1.86. The topological polar surface area (TPSA) is 109 Å². The molecule has 0 atom stereocenters. The smallest absolute Gasteiger partial charge is 0.322 e. The van der Waals surface area contributed by atoms with Gasteiger partial charge in [0.25, 0.3) is 0 Å². The van der Waals surface area contributed by atoms with Crippen molar-refractivity contribution in [3.05, 3.63) is 42.9 Å². The lowest BCUT2D eigenvalue weighted by Crippen LogP contribution is -1.94. The van der Waals surface area contributed by atoms with Crippen LogP contribution in [0.2, 0.25) is 0 Å². The number of hydrogen-bond donors (Lipinski definition) is 1. The van der Waals surface area contributed by atoms with Crippen LogP contribution in [0.25, 0.3) is 28.3 Å². The van der Waals surface area contributed by atoms with E-state index in [2.05, 4.69) is 25.0 Å². The highest BCUT2D eigenvalue weighted by molar-refractivity contribution is 5.88. The fraction of sp³-hybridized carbons (Fsp3) is 0.0714. The highest BCUT2D eigenvalue weighted by Gasteiger charge is 2.12. The Kier molecular flexibility index (Phi) is 2.69. The maximum atomic E-state index is 8.66. The van der Waals surface area contributed by atoms with Gasteiger partial charge in [0.1, 0.15) is 6.26 Å². The van der Waals surface area contributed by atoms with Gasteiger partial charge in [-0.2, -0.15) is 20.0 Å². The van der Waals surface area contributed by atoms with Crippen molar-refractivity contribution in [3.63, 3.8) is 0 Å². The number of hydrogen-bond acceptors (Lipinski definition) is 6. The average molecular weight is 291 g/mol. The van der Waals surface area contributed by atoms with E-state index >= 15 is 0 Å². The molecule has 4 aromatic rings. The van der Waals surface area contributed by atoms with Gasteiger partial charge in [0.2, 0.25) is 0 Å². The van der Waals surface area contributed by atoms with E-state index in [0.717, 1.165) is 16.6 Å². The van der Waals surface area contributed by atoms with Gasteiger partial charge in [0, 0.05) is 23.5 Å². The molecule has 4 aromatic heterocycles. The molecule has 4 heterocycles. The summed E-state index contributed by atoms with van der Waals surface area (Å²) in [5.41, 5.74) is 3.90. The molecule has 0 bridgehead atoms. The zero-order chi connectivity index (χ0) is 14.9. The fourth-order valence-electron chi connectivity index (χ4n) is 2.22. The molecule has 8 nitrogen and oxygen atoms in total. The first kappa shape index (κ1) is 12.3. The summed E-state index contributed by atoms with van der Waals surface area (Å²) in [4.78, 5) is 15.6. The van der Waals surface area contributed by atoms with Crippen LogP contribution in [0.15, 0.2) is 41.7 Å². The van der Waals surface area contributed by atoms with E-state index in [1.54, 1.807) is 24.9 Å². The molecule has 1 N–H and O–H groups in total. The van der Waals surface area contributed by atoms with Crippen molar-refractivity contribution >= 4 is 11.2 Å². The third kappa shape index (κ3) is 1.92. The number of fused-ring (bicyclic) bond motifs is 1. The average Bonchev–Trinajstić information content (AvgIpc) is 3.26. The van der Waals surface area contributed by atoms with Gasteiger partial charge in [-0.1, -0.05) is 0 Å². The number of rotatable bonds is 3. The summed E-state index contributed by atoms with van der Waals surface area (Å²) in [6.07, 6.45) is 8.48. The van der Waals surface area contributed by atoms with Crippen LogP contribution in [0.4, 0.5) is 0 Å². The SMILES string of the molecule is N#CCc1coc(-n2cc(-c3ccnc4nc[nH]c34)cn2)n1. The molecule has 0 radical (unpaired) electrons. The molecule has 106 valence electrons. The number of aromatic nitrogens is 6. The van der Waals surface area contributed by atoms with E-state index in [0.29, 0.717) is 17.4 Å². The molecule has 0 aliphatic rings. The lowest BCUT2D eigenvalue weighted by molar-refractivity contribution is 0.509. The number of oxazole rings is 1. The molecule has 4 rings (SSSR count). The number of pyridine rings is 1. The van der Waals surface area contributed by atoms with Crippen LogP contribution in [0, 0.1) is 11.3 Å². The van der Waals surface area contributed by atoms with E-state index < -0.39 is 0 Å². The summed E-state index contributed by atoms with van der Waals surface area (Å²) in [6, 6.07) is 4.24. The van der Waals surface area contributed by atoms with Crippen LogP contribution in [0.5, 0.6) is 0 Å². The monoisotopic (exact) mass is 291 g/mol. The first-order valence-corrected chi connectivity index (χ1v) is 6.50. The van der Waals surface area contributed by atoms with Gasteiger partial charge in [-0.15, -0.1) is 0 Å². The molecular weight excluding hydrogens is 282 g/mol. The van der Waals surface area contributed by atoms with Gasteiger partial charge in [0.05, 0.1) is 36.2 Å². The second-order valence-corrected chi connectivity index (χ2v) is 4.59. The zero-order valence-corrected chi connectivity index (χ0v) is 11.3. The van der Waals surface area contributed by atoms with E-state index in [1.807, 2.05) is 12.1 Å². The second kappa shape index (κ2) is 4.82. The third-order valence-corrected chi connectivity index (χ3v) is 3.22. The number of nitrogens with one attached hydrogen (secondary N) is 1. The van der Waals surface area contributed by atoms with Gasteiger partial charge in [0.15, 0.2) is 5.65 Å². The number of nitriles is 1. The summed E-state index contributed by atoms with van der Waals surface area (Å²) in [6.45, 7) is 0. The minimum atomic E-state index is 0.205. The molecule has 22 heavy (non-hydrogen) atoms. The number of imidazole rings is 1. The normalized spacial score (nSPS) is 10.9. The van der Waals surface area contributed by atoms with Gasteiger partial charge in [-0.05, 0) is 6.07 Å². The van der Waals surface area contributed by atoms with Crippen LogP contribution in [-0.4, -0.2) is 29.7 Å². The van der Waals surface area contributed by atoms with Crippen molar-refractivity contribution in [2.75, 3.05) is 0 Å². The molecule has 0 fully saturated rings. The lowest BCUT2D eigenvalue weighted by atomic mass is 10.1. The molecule has 0 aliphatic heterocycles. The zero-order valence-electron chi connectivity index (χ0n) is 11.3. The summed E-state index contributed by atoms with van der Waals surface area (Å²) in [5.74, 6) is 0. The Bertz CT molecular complexity index is 988. The first-order valence-electron chi connectivity index (χ1n) is 6.50. The fourth-order valence-corrected chi connectivity index (χ4v) is 2.22. The Morgan fingerprint density at radius 2 is 2.32 bits per heavy atom. The van der Waals surface area contributed by atoms with Crippen molar-refractivity contribution in [3.8, 4) is 23.2 Å². The van der Waals surface area contributed by atoms with E-state index in [4.69, 9.17) is 9.68 Å². The van der Waals surface area contributed by atoms with Crippen LogP contribution in [0.3, 0.4) is 0 Å². The summed E-state index contributed by atoms with van der Waals surface area (Å²) >= 11 is 0. The molecular formula is C14H9N7O. The third-order valence-electron chi connectivity index (χ3n) is 3.22. The quantitative estimate of drug-likeness (QED) is 0.617. The molecule has 0 unspecified atom stereocenters. The molecule has 0 aromatic carbocycles. The van der Waals surface area contributed by atoms with Crippen molar-refractivity contribution in [2.45, 2.75) is 6.42 Å². The van der Waals surface area contributed by atoms with E-state index in [9.17, 15) is 0 Å². The van der Waals surface area contributed by atoms with Crippen molar-refractivity contribution in [1.82, 2.24) is 29.7 Å². The molecule has 0 amide bonds. The highest BCUT2D eigenvalue weighted by atomic mass is 16.4. The van der Waals surface area contributed by atoms with Gasteiger partial charge in [-0.25, -0.2) is 9.97 Å². The van der Waals surface area contributed by atoms with Gasteiger partial charge >= 0.3 is 6.01 Å². The maximum Gasteiger partial charge on any atom is 0.322 e. The minimum absolute atomic E-state index is 0.205. The van der Waals surface area contributed by atoms with Crippen LogP contribution < -0.4 is 0 Å². The van der Waals surface area contributed by atoms with Crippen molar-refractivity contribution in [1.29, 1.82) is 5.26 Å². The van der Waals surface area contributed by atoms with E-state index in [1.165, 1.54) is 10.9 Å². The first-order chi connectivity index (χ1) is 10.8. The predicted molar refractivity (Wildman–Crippen MR) is 75.8 cm³/mol. The van der Waals surface area contributed by atoms with Crippen LogP contribution in [-0.2, 0) is 6.42 Å². The Balaban J connectivity index is 1.75. The molecule has 0 spiro atoms. The minimum Gasteiger partial charge on any atom is -0.430 e. The Morgan fingerprint density at radius 1 is 1.36 bits per heavy atom. The summed E-state index contributed by atoms with van der Waals surface area (Å²) in [7, 11) is 0. The Morgan fingerprint density at radius 3 is 3.23 bits per heavy atom. The molecule has 0 saturated heterocycles. The number of H-pyrrole nitrogens is 1. The van der Waals surface area contributed by atoms with Crippen LogP contribution in [0.1, 0.15) is 5.69 Å². The molecule has 0 saturated carbocycles. The lowest BCUT2D eigenvalue weighted by Gasteiger charge is -1.97. The molecule has 0 aliphatic carbocycles. The second-order valence-electron chi connectivity index (χ2n) is 4.59.